The van der Waals surface area contributed by atoms with Crippen LogP contribution in [0.25, 0.3) is 0 Å². The molecule has 0 bridgehead atoms. The normalized spacial score (nSPS) is 17.0. The molecule has 1 saturated heterocycles. The monoisotopic (exact) mass is 299 g/mol. The first-order valence-corrected chi connectivity index (χ1v) is 7.49. The fourth-order valence-electron chi connectivity index (χ4n) is 2.58. The molecule has 104 valence electrons. The van der Waals surface area contributed by atoms with Gasteiger partial charge in [-0.05, 0) is 42.9 Å². The number of carbonyl (C=O) groups excluding carboxylic acids is 1. The van der Waals surface area contributed by atoms with Crippen molar-refractivity contribution in [3.63, 3.8) is 0 Å². The van der Waals surface area contributed by atoms with Crippen LogP contribution in [0.1, 0.15) is 37.0 Å². The summed E-state index contributed by atoms with van der Waals surface area (Å²) in [4.78, 5) is 14.3. The van der Waals surface area contributed by atoms with Gasteiger partial charge in [-0.25, -0.2) is 0 Å². The number of hydrogen-bond acceptors (Lipinski definition) is 1. The van der Waals surface area contributed by atoms with E-state index in [0.29, 0.717) is 21.5 Å². The number of hydrogen-bond donors (Lipinski definition) is 0. The SMILES string of the molecule is CC(C)C1CCN(C(=O)c2ccc(Cl)c(Cl)c2)CC1. The van der Waals surface area contributed by atoms with E-state index in [2.05, 4.69) is 13.8 Å². The van der Waals surface area contributed by atoms with E-state index < -0.39 is 0 Å². The van der Waals surface area contributed by atoms with Gasteiger partial charge in [-0.1, -0.05) is 37.0 Å². The minimum Gasteiger partial charge on any atom is -0.339 e. The Bertz CT molecular complexity index is 465. The molecule has 0 radical (unpaired) electrons. The van der Waals surface area contributed by atoms with Gasteiger partial charge in [0.25, 0.3) is 5.91 Å². The predicted octanol–water partition coefficient (Wildman–Crippen LogP) is 4.50. The average Bonchev–Trinajstić information content (AvgIpc) is 2.41. The Labute approximate surface area is 124 Å². The van der Waals surface area contributed by atoms with Gasteiger partial charge in [0.2, 0.25) is 0 Å². The number of carbonyl (C=O) groups is 1. The Morgan fingerprint density at radius 1 is 1.21 bits per heavy atom. The molecular weight excluding hydrogens is 281 g/mol. The first kappa shape index (κ1) is 14.7. The smallest absolute Gasteiger partial charge is 0.253 e. The van der Waals surface area contributed by atoms with Crippen LogP contribution >= 0.6 is 23.2 Å². The van der Waals surface area contributed by atoms with E-state index in [-0.39, 0.29) is 5.91 Å². The van der Waals surface area contributed by atoms with E-state index in [1.807, 2.05) is 4.90 Å². The van der Waals surface area contributed by atoms with Crippen molar-refractivity contribution in [1.29, 1.82) is 0 Å². The third-order valence-electron chi connectivity index (χ3n) is 3.94. The third-order valence-corrected chi connectivity index (χ3v) is 4.68. The highest BCUT2D eigenvalue weighted by molar-refractivity contribution is 6.42. The Morgan fingerprint density at radius 2 is 1.84 bits per heavy atom. The van der Waals surface area contributed by atoms with Gasteiger partial charge in [0.1, 0.15) is 0 Å². The van der Waals surface area contributed by atoms with Gasteiger partial charge in [0, 0.05) is 18.7 Å². The molecule has 0 atom stereocenters. The minimum atomic E-state index is 0.0563. The largest absolute Gasteiger partial charge is 0.339 e. The topological polar surface area (TPSA) is 20.3 Å². The molecule has 1 amide bonds. The van der Waals surface area contributed by atoms with E-state index in [9.17, 15) is 4.79 Å². The first-order chi connectivity index (χ1) is 8.99. The molecule has 0 spiro atoms. The summed E-state index contributed by atoms with van der Waals surface area (Å²) in [5.74, 6) is 1.49. The number of nitrogens with zero attached hydrogens (tertiary/aromatic N) is 1. The van der Waals surface area contributed by atoms with E-state index in [1.54, 1.807) is 18.2 Å². The number of likely N-dealkylation sites (tertiary alicyclic amines) is 1. The van der Waals surface area contributed by atoms with E-state index in [4.69, 9.17) is 23.2 Å². The summed E-state index contributed by atoms with van der Waals surface area (Å²) in [5, 5.41) is 0.918. The van der Waals surface area contributed by atoms with Crippen LogP contribution < -0.4 is 0 Å². The lowest BCUT2D eigenvalue weighted by atomic mass is 9.86. The number of benzene rings is 1. The van der Waals surface area contributed by atoms with Crippen molar-refractivity contribution >= 4 is 29.1 Å². The van der Waals surface area contributed by atoms with Gasteiger partial charge >= 0.3 is 0 Å². The van der Waals surface area contributed by atoms with Crippen molar-refractivity contribution in [2.75, 3.05) is 13.1 Å². The lowest BCUT2D eigenvalue weighted by molar-refractivity contribution is 0.0667. The van der Waals surface area contributed by atoms with Crippen LogP contribution in [0.3, 0.4) is 0 Å². The zero-order valence-electron chi connectivity index (χ0n) is 11.3. The van der Waals surface area contributed by atoms with Gasteiger partial charge in [-0.3, -0.25) is 4.79 Å². The van der Waals surface area contributed by atoms with Crippen molar-refractivity contribution < 1.29 is 4.79 Å². The summed E-state index contributed by atoms with van der Waals surface area (Å²) in [6, 6.07) is 5.07. The standard InChI is InChI=1S/C15H19Cl2NO/c1-10(2)11-5-7-18(8-6-11)15(19)12-3-4-13(16)14(17)9-12/h3-4,9-11H,5-8H2,1-2H3. The molecule has 1 aromatic carbocycles. The molecule has 0 unspecified atom stereocenters. The van der Waals surface area contributed by atoms with E-state index in [0.717, 1.165) is 31.8 Å². The van der Waals surface area contributed by atoms with Gasteiger partial charge < -0.3 is 4.90 Å². The zero-order chi connectivity index (χ0) is 14.0. The van der Waals surface area contributed by atoms with Gasteiger partial charge in [0.15, 0.2) is 0 Å². The maximum atomic E-state index is 12.4. The lowest BCUT2D eigenvalue weighted by Crippen LogP contribution is -2.39. The number of rotatable bonds is 2. The van der Waals surface area contributed by atoms with Crippen LogP contribution in [-0.4, -0.2) is 23.9 Å². The molecule has 1 fully saturated rings. The quantitative estimate of drug-likeness (QED) is 0.787. The Kier molecular flexibility index (Phi) is 4.75. The highest BCUT2D eigenvalue weighted by atomic mass is 35.5. The fraction of sp³-hybridized carbons (Fsp3) is 0.533. The van der Waals surface area contributed by atoms with Gasteiger partial charge in [0.05, 0.1) is 10.0 Å². The lowest BCUT2D eigenvalue weighted by Gasteiger charge is -2.34. The summed E-state index contributed by atoms with van der Waals surface area (Å²) in [5.41, 5.74) is 0.623. The summed E-state index contributed by atoms with van der Waals surface area (Å²) < 4.78 is 0. The number of amides is 1. The zero-order valence-corrected chi connectivity index (χ0v) is 12.8. The van der Waals surface area contributed by atoms with Crippen molar-refractivity contribution in [2.24, 2.45) is 11.8 Å². The minimum absolute atomic E-state index is 0.0563. The molecule has 2 nitrogen and oxygen atoms in total. The second kappa shape index (κ2) is 6.15. The molecule has 0 N–H and O–H groups in total. The average molecular weight is 300 g/mol. The molecule has 0 saturated carbocycles. The second-order valence-corrected chi connectivity index (χ2v) is 6.32. The fourth-order valence-corrected chi connectivity index (χ4v) is 2.88. The maximum Gasteiger partial charge on any atom is 0.253 e. The van der Waals surface area contributed by atoms with Gasteiger partial charge in [-0.15, -0.1) is 0 Å². The van der Waals surface area contributed by atoms with Crippen molar-refractivity contribution in [1.82, 2.24) is 4.90 Å². The number of halogens is 2. The van der Waals surface area contributed by atoms with E-state index >= 15 is 0 Å². The van der Waals surface area contributed by atoms with Crippen molar-refractivity contribution in [2.45, 2.75) is 26.7 Å². The summed E-state index contributed by atoms with van der Waals surface area (Å²) in [6.45, 7) is 6.17. The van der Waals surface area contributed by atoms with Crippen molar-refractivity contribution in [3.8, 4) is 0 Å². The summed E-state index contributed by atoms with van der Waals surface area (Å²) >= 11 is 11.8. The van der Waals surface area contributed by atoms with Crippen LogP contribution in [-0.2, 0) is 0 Å². The van der Waals surface area contributed by atoms with Crippen LogP contribution in [0.2, 0.25) is 10.0 Å². The van der Waals surface area contributed by atoms with Crippen LogP contribution in [0.4, 0.5) is 0 Å². The highest BCUT2D eigenvalue weighted by Crippen LogP contribution is 2.27. The third kappa shape index (κ3) is 3.43. The Balaban J connectivity index is 2.03. The highest BCUT2D eigenvalue weighted by Gasteiger charge is 2.25. The molecule has 1 aliphatic rings. The molecule has 1 aliphatic heterocycles. The molecular formula is C15H19Cl2NO. The number of piperidine rings is 1. The molecule has 19 heavy (non-hydrogen) atoms. The predicted molar refractivity (Wildman–Crippen MR) is 79.9 cm³/mol. The van der Waals surface area contributed by atoms with E-state index in [1.165, 1.54) is 0 Å². The Hall–Kier alpha value is -0.730. The molecule has 0 aromatic heterocycles. The molecule has 0 aliphatic carbocycles. The summed E-state index contributed by atoms with van der Waals surface area (Å²) in [6.07, 6.45) is 2.18. The maximum absolute atomic E-state index is 12.4. The van der Waals surface area contributed by atoms with Crippen LogP contribution in [0.15, 0.2) is 18.2 Å². The molecule has 2 rings (SSSR count). The van der Waals surface area contributed by atoms with Crippen LogP contribution in [0.5, 0.6) is 0 Å². The Morgan fingerprint density at radius 3 is 2.37 bits per heavy atom. The van der Waals surface area contributed by atoms with Crippen molar-refractivity contribution in [3.05, 3.63) is 33.8 Å². The first-order valence-electron chi connectivity index (χ1n) is 6.73. The second-order valence-electron chi connectivity index (χ2n) is 5.50. The summed E-state index contributed by atoms with van der Waals surface area (Å²) in [7, 11) is 0. The molecule has 4 heteroatoms. The van der Waals surface area contributed by atoms with Crippen LogP contribution in [0, 0.1) is 11.8 Å². The molecule has 1 aromatic rings. The molecule has 1 heterocycles. The van der Waals surface area contributed by atoms with Gasteiger partial charge in [-0.2, -0.15) is 0 Å².